The molecule has 0 spiro atoms. The van der Waals surface area contributed by atoms with Gasteiger partial charge in [0.05, 0.1) is 11.1 Å². The minimum atomic E-state index is -0.400. The van der Waals surface area contributed by atoms with Crippen LogP contribution in [0.25, 0.3) is 0 Å². The number of hydrogen-bond acceptors (Lipinski definition) is 2. The van der Waals surface area contributed by atoms with Crippen LogP contribution in [-0.4, -0.2) is 17.8 Å². The third kappa shape index (κ3) is 2.47. The molecule has 1 saturated carbocycles. The van der Waals surface area contributed by atoms with Crippen LogP contribution in [0.4, 0.5) is 4.39 Å². The molecule has 0 aromatic heterocycles. The lowest BCUT2D eigenvalue weighted by Crippen LogP contribution is -2.06. The summed E-state index contributed by atoms with van der Waals surface area (Å²) in [7, 11) is 0. The topological polar surface area (TPSA) is 29.5 Å². The first-order valence-electron chi connectivity index (χ1n) is 5.38. The third-order valence-electron chi connectivity index (χ3n) is 2.65. The Kier molecular flexibility index (Phi) is 3.36. The second kappa shape index (κ2) is 4.60. The Balaban J connectivity index is 2.36. The standard InChI is InChI=1S/C12H14ClFO2/c1-7(6-15)10-4-8(14)5-11(13)12(10)16-9-2-3-9/h4-5,7,9,15H,2-3,6H2,1H3. The maximum atomic E-state index is 13.2. The first kappa shape index (κ1) is 11.7. The largest absolute Gasteiger partial charge is 0.489 e. The summed E-state index contributed by atoms with van der Waals surface area (Å²) in [4.78, 5) is 0. The highest BCUT2D eigenvalue weighted by atomic mass is 35.5. The summed E-state index contributed by atoms with van der Waals surface area (Å²) in [5.41, 5.74) is 0.638. The van der Waals surface area contributed by atoms with E-state index in [1.54, 1.807) is 0 Å². The summed E-state index contributed by atoms with van der Waals surface area (Å²) in [6, 6.07) is 2.62. The molecule has 2 nitrogen and oxygen atoms in total. The van der Waals surface area contributed by atoms with Crippen molar-refractivity contribution in [1.29, 1.82) is 0 Å². The molecule has 16 heavy (non-hydrogen) atoms. The summed E-state index contributed by atoms with van der Waals surface area (Å²) >= 11 is 5.96. The van der Waals surface area contributed by atoms with Gasteiger partial charge in [0.25, 0.3) is 0 Å². The highest BCUT2D eigenvalue weighted by molar-refractivity contribution is 6.32. The van der Waals surface area contributed by atoms with Gasteiger partial charge in [0.1, 0.15) is 11.6 Å². The molecule has 0 saturated heterocycles. The fourth-order valence-corrected chi connectivity index (χ4v) is 1.78. The Morgan fingerprint density at radius 2 is 2.25 bits per heavy atom. The normalized spacial score (nSPS) is 17.2. The van der Waals surface area contributed by atoms with Gasteiger partial charge < -0.3 is 9.84 Å². The first-order chi connectivity index (χ1) is 7.61. The maximum Gasteiger partial charge on any atom is 0.142 e. The number of hydrogen-bond donors (Lipinski definition) is 1. The van der Waals surface area contributed by atoms with Crippen LogP contribution >= 0.6 is 11.6 Å². The van der Waals surface area contributed by atoms with Crippen LogP contribution < -0.4 is 4.74 Å². The molecule has 2 rings (SSSR count). The lowest BCUT2D eigenvalue weighted by molar-refractivity contribution is 0.261. The molecule has 88 valence electrons. The number of benzene rings is 1. The molecule has 0 amide bonds. The molecule has 0 bridgehead atoms. The fraction of sp³-hybridized carbons (Fsp3) is 0.500. The predicted molar refractivity (Wildman–Crippen MR) is 60.6 cm³/mol. The van der Waals surface area contributed by atoms with E-state index in [1.165, 1.54) is 12.1 Å². The monoisotopic (exact) mass is 244 g/mol. The van der Waals surface area contributed by atoms with Gasteiger partial charge in [0, 0.05) is 18.1 Å². The van der Waals surface area contributed by atoms with Crippen molar-refractivity contribution in [2.45, 2.75) is 31.8 Å². The van der Waals surface area contributed by atoms with E-state index in [1.807, 2.05) is 6.92 Å². The van der Waals surface area contributed by atoms with E-state index in [0.29, 0.717) is 11.3 Å². The van der Waals surface area contributed by atoms with Crippen LogP contribution in [0.2, 0.25) is 5.02 Å². The van der Waals surface area contributed by atoms with Crippen LogP contribution in [0.1, 0.15) is 31.2 Å². The summed E-state index contributed by atoms with van der Waals surface area (Å²) in [5, 5.41) is 9.40. The van der Waals surface area contributed by atoms with Gasteiger partial charge in [-0.05, 0) is 25.0 Å². The molecule has 0 aliphatic heterocycles. The second-order valence-electron chi connectivity index (χ2n) is 4.21. The Bertz CT molecular complexity index is 391. The first-order valence-corrected chi connectivity index (χ1v) is 5.76. The quantitative estimate of drug-likeness (QED) is 0.882. The van der Waals surface area contributed by atoms with E-state index < -0.39 is 5.82 Å². The number of ether oxygens (including phenoxy) is 1. The van der Waals surface area contributed by atoms with Gasteiger partial charge in [-0.1, -0.05) is 18.5 Å². The van der Waals surface area contributed by atoms with E-state index in [2.05, 4.69) is 0 Å². The van der Waals surface area contributed by atoms with Crippen molar-refractivity contribution in [2.24, 2.45) is 0 Å². The van der Waals surface area contributed by atoms with E-state index in [4.69, 9.17) is 21.4 Å². The van der Waals surface area contributed by atoms with Gasteiger partial charge >= 0.3 is 0 Å². The summed E-state index contributed by atoms with van der Waals surface area (Å²) < 4.78 is 18.9. The van der Waals surface area contributed by atoms with E-state index >= 15 is 0 Å². The average Bonchev–Trinajstić information content (AvgIpc) is 3.04. The van der Waals surface area contributed by atoms with Crippen molar-refractivity contribution in [3.63, 3.8) is 0 Å². The minimum Gasteiger partial charge on any atom is -0.489 e. The molecule has 1 aliphatic rings. The third-order valence-corrected chi connectivity index (χ3v) is 2.93. The van der Waals surface area contributed by atoms with Crippen molar-refractivity contribution < 1.29 is 14.2 Å². The molecule has 1 N–H and O–H groups in total. The smallest absolute Gasteiger partial charge is 0.142 e. The summed E-state index contributed by atoms with van der Waals surface area (Å²) in [5.74, 6) is -0.0579. The SMILES string of the molecule is CC(CO)c1cc(F)cc(Cl)c1OC1CC1. The molecule has 0 radical (unpaired) electrons. The van der Waals surface area contributed by atoms with Crippen LogP contribution in [0.15, 0.2) is 12.1 Å². The number of halogens is 2. The van der Waals surface area contributed by atoms with Gasteiger partial charge in [0.2, 0.25) is 0 Å². The minimum absolute atomic E-state index is 0.0548. The van der Waals surface area contributed by atoms with E-state index in [0.717, 1.165) is 12.8 Å². The number of aliphatic hydroxyl groups excluding tert-OH is 1. The van der Waals surface area contributed by atoms with Crippen molar-refractivity contribution in [3.8, 4) is 5.75 Å². The molecular formula is C12H14ClFO2. The number of rotatable bonds is 4. The van der Waals surface area contributed by atoms with Gasteiger partial charge in [-0.2, -0.15) is 0 Å². The molecule has 0 heterocycles. The second-order valence-corrected chi connectivity index (χ2v) is 4.61. The lowest BCUT2D eigenvalue weighted by Gasteiger charge is -2.16. The maximum absolute atomic E-state index is 13.2. The van der Waals surface area contributed by atoms with Crippen LogP contribution in [-0.2, 0) is 0 Å². The highest BCUT2D eigenvalue weighted by Gasteiger charge is 2.27. The van der Waals surface area contributed by atoms with E-state index in [-0.39, 0.29) is 23.7 Å². The summed E-state index contributed by atoms with van der Waals surface area (Å²) in [6.07, 6.45) is 2.23. The molecule has 1 aromatic carbocycles. The van der Waals surface area contributed by atoms with Gasteiger partial charge in [-0.3, -0.25) is 0 Å². The van der Waals surface area contributed by atoms with Crippen LogP contribution in [0, 0.1) is 5.82 Å². The Morgan fingerprint density at radius 3 is 2.81 bits per heavy atom. The molecule has 1 aliphatic carbocycles. The highest BCUT2D eigenvalue weighted by Crippen LogP contribution is 2.38. The molecule has 1 fully saturated rings. The Hall–Kier alpha value is -0.800. The molecule has 1 atom stereocenters. The molecular weight excluding hydrogens is 231 g/mol. The lowest BCUT2D eigenvalue weighted by atomic mass is 10.0. The zero-order chi connectivity index (χ0) is 11.7. The molecule has 1 unspecified atom stereocenters. The molecule has 4 heteroatoms. The number of aliphatic hydroxyl groups is 1. The zero-order valence-electron chi connectivity index (χ0n) is 9.04. The fourth-order valence-electron chi connectivity index (χ4n) is 1.52. The Morgan fingerprint density at radius 1 is 1.56 bits per heavy atom. The van der Waals surface area contributed by atoms with E-state index in [9.17, 15) is 4.39 Å². The molecule has 1 aromatic rings. The van der Waals surface area contributed by atoms with Crippen LogP contribution in [0.3, 0.4) is 0 Å². The zero-order valence-corrected chi connectivity index (χ0v) is 9.80. The van der Waals surface area contributed by atoms with Gasteiger partial charge in [-0.15, -0.1) is 0 Å². The van der Waals surface area contributed by atoms with Crippen molar-refractivity contribution in [1.82, 2.24) is 0 Å². The predicted octanol–water partition coefficient (Wildman–Crippen LogP) is 3.12. The Labute approximate surface area is 99.0 Å². The summed E-state index contributed by atoms with van der Waals surface area (Å²) in [6.45, 7) is 1.76. The van der Waals surface area contributed by atoms with Crippen molar-refractivity contribution in [2.75, 3.05) is 6.61 Å². The average molecular weight is 245 g/mol. The van der Waals surface area contributed by atoms with Crippen LogP contribution in [0.5, 0.6) is 5.75 Å². The van der Waals surface area contributed by atoms with Gasteiger partial charge in [0.15, 0.2) is 0 Å². The van der Waals surface area contributed by atoms with Crippen molar-refractivity contribution >= 4 is 11.6 Å². The van der Waals surface area contributed by atoms with Gasteiger partial charge in [-0.25, -0.2) is 4.39 Å². The van der Waals surface area contributed by atoms with Crippen molar-refractivity contribution in [3.05, 3.63) is 28.5 Å².